The molecule has 12 heavy (non-hydrogen) atoms. The standard InChI is InChI=1S/C9H16N2O/c1-5-6(2)7(3)9-10-8(4)11-12-9/h6-7H,5H2,1-4H3. The minimum atomic E-state index is 0.371. The average Bonchev–Trinajstić information content (AvgIpc) is 2.49. The van der Waals surface area contributed by atoms with Crippen LogP contribution >= 0.6 is 0 Å². The Balaban J connectivity index is 2.70. The number of nitrogens with zero attached hydrogens (tertiary/aromatic N) is 2. The lowest BCUT2D eigenvalue weighted by atomic mass is 9.94. The maximum Gasteiger partial charge on any atom is 0.229 e. The van der Waals surface area contributed by atoms with Crippen LogP contribution < -0.4 is 0 Å². The topological polar surface area (TPSA) is 38.9 Å². The highest BCUT2D eigenvalue weighted by Crippen LogP contribution is 2.24. The normalized spacial score (nSPS) is 16.0. The van der Waals surface area contributed by atoms with Crippen LogP contribution in [0.2, 0.25) is 0 Å². The molecule has 0 aliphatic rings. The second-order valence-corrected chi connectivity index (χ2v) is 3.35. The third kappa shape index (κ3) is 1.84. The van der Waals surface area contributed by atoms with Crippen molar-refractivity contribution in [1.82, 2.24) is 10.1 Å². The molecule has 0 N–H and O–H groups in total. The zero-order valence-electron chi connectivity index (χ0n) is 8.16. The van der Waals surface area contributed by atoms with Gasteiger partial charge >= 0.3 is 0 Å². The van der Waals surface area contributed by atoms with Crippen LogP contribution in [0.1, 0.15) is 44.8 Å². The quantitative estimate of drug-likeness (QED) is 0.696. The highest BCUT2D eigenvalue weighted by molar-refractivity contribution is 4.92. The Kier molecular flexibility index (Phi) is 2.84. The van der Waals surface area contributed by atoms with Gasteiger partial charge in [0.1, 0.15) is 0 Å². The molecule has 2 unspecified atom stereocenters. The van der Waals surface area contributed by atoms with Gasteiger partial charge in [0.15, 0.2) is 5.82 Å². The predicted molar refractivity (Wildman–Crippen MR) is 46.9 cm³/mol. The molecule has 0 radical (unpaired) electrons. The van der Waals surface area contributed by atoms with Crippen molar-refractivity contribution in [2.75, 3.05) is 0 Å². The van der Waals surface area contributed by atoms with E-state index in [4.69, 9.17) is 4.52 Å². The molecule has 68 valence electrons. The number of aryl methyl sites for hydroxylation is 1. The molecule has 3 nitrogen and oxygen atoms in total. The van der Waals surface area contributed by atoms with Gasteiger partial charge in [-0.05, 0) is 12.8 Å². The fourth-order valence-corrected chi connectivity index (χ4v) is 1.10. The smallest absolute Gasteiger partial charge is 0.229 e. The summed E-state index contributed by atoms with van der Waals surface area (Å²) >= 11 is 0. The summed E-state index contributed by atoms with van der Waals surface area (Å²) in [5, 5.41) is 3.77. The lowest BCUT2D eigenvalue weighted by Crippen LogP contribution is -2.05. The fraction of sp³-hybridized carbons (Fsp3) is 0.778. The molecule has 0 spiro atoms. The summed E-state index contributed by atoms with van der Waals surface area (Å²) in [4.78, 5) is 4.20. The summed E-state index contributed by atoms with van der Waals surface area (Å²) in [6.07, 6.45) is 1.14. The number of aromatic nitrogens is 2. The van der Waals surface area contributed by atoms with Crippen molar-refractivity contribution >= 4 is 0 Å². The van der Waals surface area contributed by atoms with Crippen LogP contribution in [0.25, 0.3) is 0 Å². The number of hydrogen-bond donors (Lipinski definition) is 0. The van der Waals surface area contributed by atoms with E-state index in [0.717, 1.165) is 18.1 Å². The van der Waals surface area contributed by atoms with Gasteiger partial charge in [-0.2, -0.15) is 4.98 Å². The third-order valence-corrected chi connectivity index (χ3v) is 2.43. The molecule has 1 aromatic rings. The van der Waals surface area contributed by atoms with Crippen LogP contribution in [0, 0.1) is 12.8 Å². The third-order valence-electron chi connectivity index (χ3n) is 2.43. The highest BCUT2D eigenvalue weighted by atomic mass is 16.5. The maximum atomic E-state index is 5.09. The van der Waals surface area contributed by atoms with Crippen LogP contribution in [0.4, 0.5) is 0 Å². The average molecular weight is 168 g/mol. The minimum absolute atomic E-state index is 0.371. The molecule has 0 saturated heterocycles. The van der Waals surface area contributed by atoms with E-state index >= 15 is 0 Å². The van der Waals surface area contributed by atoms with Gasteiger partial charge in [0, 0.05) is 5.92 Å². The Labute approximate surface area is 73.2 Å². The molecule has 0 bridgehead atoms. The van der Waals surface area contributed by atoms with Gasteiger partial charge in [-0.25, -0.2) is 0 Å². The molecule has 1 aromatic heterocycles. The highest BCUT2D eigenvalue weighted by Gasteiger charge is 2.18. The van der Waals surface area contributed by atoms with E-state index in [-0.39, 0.29) is 0 Å². The van der Waals surface area contributed by atoms with Crippen LogP contribution in [0.3, 0.4) is 0 Å². The SMILES string of the molecule is CCC(C)C(C)c1nc(C)no1. The van der Waals surface area contributed by atoms with E-state index in [9.17, 15) is 0 Å². The predicted octanol–water partition coefficient (Wildman–Crippen LogP) is 2.53. The summed E-state index contributed by atoms with van der Waals surface area (Å²) in [5.41, 5.74) is 0. The monoisotopic (exact) mass is 168 g/mol. The molecule has 0 fully saturated rings. The van der Waals surface area contributed by atoms with Gasteiger partial charge in [0.2, 0.25) is 5.89 Å². The van der Waals surface area contributed by atoms with Gasteiger partial charge in [0.25, 0.3) is 0 Å². The number of hydrogen-bond acceptors (Lipinski definition) is 3. The van der Waals surface area contributed by atoms with Gasteiger partial charge < -0.3 is 4.52 Å². The van der Waals surface area contributed by atoms with E-state index < -0.39 is 0 Å². The zero-order valence-corrected chi connectivity index (χ0v) is 8.16. The maximum absolute atomic E-state index is 5.09. The van der Waals surface area contributed by atoms with E-state index in [2.05, 4.69) is 30.9 Å². The summed E-state index contributed by atoms with van der Waals surface area (Å²) < 4.78 is 5.09. The largest absolute Gasteiger partial charge is 0.339 e. The van der Waals surface area contributed by atoms with E-state index in [1.54, 1.807) is 0 Å². The van der Waals surface area contributed by atoms with Crippen molar-refractivity contribution in [2.45, 2.75) is 40.0 Å². The zero-order chi connectivity index (χ0) is 9.14. The molecule has 0 aliphatic carbocycles. The van der Waals surface area contributed by atoms with Crippen molar-refractivity contribution in [3.63, 3.8) is 0 Å². The van der Waals surface area contributed by atoms with E-state index in [1.165, 1.54) is 0 Å². The minimum Gasteiger partial charge on any atom is -0.339 e. The molecule has 0 aromatic carbocycles. The van der Waals surface area contributed by atoms with Gasteiger partial charge in [0.05, 0.1) is 0 Å². The molecule has 0 aliphatic heterocycles. The number of rotatable bonds is 3. The lowest BCUT2D eigenvalue weighted by Gasteiger charge is -2.12. The van der Waals surface area contributed by atoms with Crippen molar-refractivity contribution in [1.29, 1.82) is 0 Å². The Morgan fingerprint density at radius 1 is 1.42 bits per heavy atom. The van der Waals surface area contributed by atoms with Crippen LogP contribution in [-0.4, -0.2) is 10.1 Å². The van der Waals surface area contributed by atoms with Gasteiger partial charge in [-0.3, -0.25) is 0 Å². The second kappa shape index (κ2) is 3.70. The second-order valence-electron chi connectivity index (χ2n) is 3.35. The van der Waals surface area contributed by atoms with Crippen molar-refractivity contribution in [2.24, 2.45) is 5.92 Å². The van der Waals surface area contributed by atoms with Crippen molar-refractivity contribution < 1.29 is 4.52 Å². The Morgan fingerprint density at radius 3 is 2.50 bits per heavy atom. The Bertz CT molecular complexity index is 244. The van der Waals surface area contributed by atoms with E-state index in [0.29, 0.717) is 11.8 Å². The first-order valence-electron chi connectivity index (χ1n) is 4.45. The molecule has 0 saturated carbocycles. The first-order valence-corrected chi connectivity index (χ1v) is 4.45. The summed E-state index contributed by atoms with van der Waals surface area (Å²) in [6.45, 7) is 8.34. The molecular weight excluding hydrogens is 152 g/mol. The Morgan fingerprint density at radius 2 is 2.08 bits per heavy atom. The fourth-order valence-electron chi connectivity index (χ4n) is 1.10. The van der Waals surface area contributed by atoms with Crippen LogP contribution in [-0.2, 0) is 0 Å². The summed E-state index contributed by atoms with van der Waals surface area (Å²) in [7, 11) is 0. The van der Waals surface area contributed by atoms with Crippen LogP contribution in [0.15, 0.2) is 4.52 Å². The molecule has 1 rings (SSSR count). The molecular formula is C9H16N2O. The molecule has 1 heterocycles. The molecule has 3 heteroatoms. The van der Waals surface area contributed by atoms with Gasteiger partial charge in [-0.15, -0.1) is 0 Å². The molecule has 0 amide bonds. The van der Waals surface area contributed by atoms with Gasteiger partial charge in [-0.1, -0.05) is 32.3 Å². The van der Waals surface area contributed by atoms with Crippen LogP contribution in [0.5, 0.6) is 0 Å². The Hall–Kier alpha value is -0.860. The van der Waals surface area contributed by atoms with Crippen molar-refractivity contribution in [3.05, 3.63) is 11.7 Å². The summed E-state index contributed by atoms with van der Waals surface area (Å²) in [5.74, 6) is 2.46. The van der Waals surface area contributed by atoms with Crippen molar-refractivity contribution in [3.8, 4) is 0 Å². The first kappa shape index (κ1) is 9.23. The molecule has 2 atom stereocenters. The lowest BCUT2D eigenvalue weighted by molar-refractivity contribution is 0.318. The van der Waals surface area contributed by atoms with E-state index in [1.807, 2.05) is 6.92 Å². The first-order chi connectivity index (χ1) is 5.65. The summed E-state index contributed by atoms with van der Waals surface area (Å²) in [6, 6.07) is 0.